The Kier molecular flexibility index (Phi) is 6.24. The van der Waals surface area contributed by atoms with Crippen molar-refractivity contribution < 1.29 is 24.2 Å². The number of likely N-dealkylation sites (tertiary alicyclic amines) is 1. The van der Waals surface area contributed by atoms with Gasteiger partial charge in [-0.3, -0.25) is 9.59 Å². The number of amides is 1. The molecule has 2 aromatic rings. The van der Waals surface area contributed by atoms with Gasteiger partial charge in [-0.15, -0.1) is 0 Å². The molecule has 0 spiro atoms. The third-order valence-electron chi connectivity index (χ3n) is 4.81. The monoisotopic (exact) mass is 401 g/mol. The highest BCUT2D eigenvalue weighted by Crippen LogP contribution is 2.27. The Bertz CT molecular complexity index is 899. The zero-order valence-corrected chi connectivity index (χ0v) is 16.6. The molecule has 0 aliphatic carbocycles. The number of rotatable bonds is 6. The summed E-state index contributed by atoms with van der Waals surface area (Å²) in [5.74, 6) is -0.736. The van der Waals surface area contributed by atoms with Crippen LogP contribution in [0, 0.1) is 5.92 Å². The van der Waals surface area contributed by atoms with E-state index < -0.39 is 17.9 Å². The highest BCUT2D eigenvalue weighted by Gasteiger charge is 2.42. The number of aliphatic carboxylic acids is 1. The molecular formula is C21H23NO5S. The maximum Gasteiger partial charge on any atom is 0.326 e. The normalized spacial score (nSPS) is 20.1. The van der Waals surface area contributed by atoms with E-state index in [2.05, 4.69) is 0 Å². The number of thioether (sulfide) groups is 1. The highest BCUT2D eigenvalue weighted by molar-refractivity contribution is 8.13. The minimum absolute atomic E-state index is 0.0617. The van der Waals surface area contributed by atoms with E-state index in [0.29, 0.717) is 11.5 Å². The van der Waals surface area contributed by atoms with Gasteiger partial charge in [0.05, 0.1) is 6.54 Å². The van der Waals surface area contributed by atoms with Crippen LogP contribution in [0.5, 0.6) is 5.75 Å². The molecule has 1 saturated heterocycles. The van der Waals surface area contributed by atoms with E-state index in [0.717, 1.165) is 22.5 Å². The van der Waals surface area contributed by atoms with Crippen molar-refractivity contribution in [1.29, 1.82) is 0 Å². The second kappa shape index (κ2) is 8.65. The Labute approximate surface area is 167 Å². The molecule has 6 nitrogen and oxygen atoms in total. The number of carbonyl (C=O) groups is 3. The van der Waals surface area contributed by atoms with E-state index in [4.69, 9.17) is 4.74 Å². The number of carbonyl (C=O) groups excluding carboxylic acids is 2. The summed E-state index contributed by atoms with van der Waals surface area (Å²) >= 11 is 1.08. The molecule has 1 N–H and O–H groups in total. The minimum atomic E-state index is -1.04. The van der Waals surface area contributed by atoms with Crippen molar-refractivity contribution in [1.82, 2.24) is 4.90 Å². The van der Waals surface area contributed by atoms with Crippen LogP contribution in [0.1, 0.15) is 20.3 Å². The molecule has 2 aromatic carbocycles. The molecule has 7 heteroatoms. The summed E-state index contributed by atoms with van der Waals surface area (Å²) in [5, 5.41) is 11.6. The maximum absolute atomic E-state index is 12.7. The van der Waals surface area contributed by atoms with Gasteiger partial charge in [0.2, 0.25) is 5.91 Å². The topological polar surface area (TPSA) is 83.9 Å². The van der Waals surface area contributed by atoms with Gasteiger partial charge in [-0.1, -0.05) is 49.0 Å². The largest absolute Gasteiger partial charge is 0.488 e. The van der Waals surface area contributed by atoms with Crippen molar-refractivity contribution in [2.45, 2.75) is 32.4 Å². The minimum Gasteiger partial charge on any atom is -0.488 e. The van der Waals surface area contributed by atoms with E-state index in [-0.39, 0.29) is 30.1 Å². The van der Waals surface area contributed by atoms with E-state index in [1.165, 1.54) is 11.8 Å². The summed E-state index contributed by atoms with van der Waals surface area (Å²) in [6.07, 6.45) is -0.153. The van der Waals surface area contributed by atoms with Crippen molar-refractivity contribution >= 4 is 39.5 Å². The number of hydrogen-bond donors (Lipinski definition) is 1. The molecule has 0 aromatic heterocycles. The fourth-order valence-corrected chi connectivity index (χ4v) is 4.02. The molecule has 28 heavy (non-hydrogen) atoms. The van der Waals surface area contributed by atoms with Crippen LogP contribution >= 0.6 is 11.8 Å². The summed E-state index contributed by atoms with van der Waals surface area (Å²) < 4.78 is 6.01. The molecule has 0 saturated carbocycles. The summed E-state index contributed by atoms with van der Waals surface area (Å²) in [4.78, 5) is 36.9. The first-order valence-electron chi connectivity index (χ1n) is 9.17. The molecule has 1 amide bonds. The summed E-state index contributed by atoms with van der Waals surface area (Å²) in [5.41, 5.74) is 0. The van der Waals surface area contributed by atoms with Crippen molar-refractivity contribution in [3.8, 4) is 5.75 Å². The number of ether oxygens (including phenoxy) is 1. The van der Waals surface area contributed by atoms with Gasteiger partial charge in [0.1, 0.15) is 17.9 Å². The molecule has 0 radical (unpaired) electrons. The van der Waals surface area contributed by atoms with Crippen LogP contribution in [0.25, 0.3) is 10.8 Å². The second-order valence-electron chi connectivity index (χ2n) is 7.03. The molecule has 2 unspecified atom stereocenters. The van der Waals surface area contributed by atoms with Gasteiger partial charge in [0.15, 0.2) is 5.12 Å². The standard InChI is InChI=1S/C21H23NO5S/c1-13(12-28-14(2)23)20(24)22-11-18(10-19(22)21(25)26)27-17-8-7-15-5-3-4-6-16(15)9-17/h3-9,13,18-19H,10-12H2,1-2H3,(H,25,26)/t13?,18?,19-/m0/s1. The van der Waals surface area contributed by atoms with Crippen molar-refractivity contribution in [2.24, 2.45) is 5.92 Å². The van der Waals surface area contributed by atoms with Gasteiger partial charge in [-0.2, -0.15) is 0 Å². The van der Waals surface area contributed by atoms with E-state index in [1.54, 1.807) is 6.92 Å². The van der Waals surface area contributed by atoms with Gasteiger partial charge >= 0.3 is 5.97 Å². The third kappa shape index (κ3) is 4.65. The van der Waals surface area contributed by atoms with Crippen LogP contribution in [0.2, 0.25) is 0 Å². The molecule has 148 valence electrons. The molecule has 1 fully saturated rings. The van der Waals surface area contributed by atoms with Gasteiger partial charge in [-0.05, 0) is 22.9 Å². The van der Waals surface area contributed by atoms with Gasteiger partial charge < -0.3 is 14.7 Å². The van der Waals surface area contributed by atoms with Gasteiger partial charge in [-0.25, -0.2) is 4.79 Å². The van der Waals surface area contributed by atoms with Gasteiger partial charge in [0, 0.05) is 25.0 Å². The Hall–Kier alpha value is -2.54. The van der Waals surface area contributed by atoms with Crippen LogP contribution < -0.4 is 4.74 Å². The summed E-state index contributed by atoms with van der Waals surface area (Å²) in [7, 11) is 0. The number of hydrogen-bond acceptors (Lipinski definition) is 5. The first-order valence-corrected chi connectivity index (χ1v) is 10.2. The Morgan fingerprint density at radius 2 is 1.93 bits per heavy atom. The fraction of sp³-hybridized carbons (Fsp3) is 0.381. The third-order valence-corrected chi connectivity index (χ3v) is 5.89. The molecule has 3 rings (SSSR count). The molecular weight excluding hydrogens is 378 g/mol. The number of fused-ring (bicyclic) bond motifs is 1. The van der Waals surface area contributed by atoms with Crippen LogP contribution in [0.3, 0.4) is 0 Å². The van der Waals surface area contributed by atoms with Crippen LogP contribution in [-0.4, -0.2) is 51.4 Å². The number of carboxylic acids is 1. The lowest BCUT2D eigenvalue weighted by Gasteiger charge is -2.24. The predicted molar refractivity (Wildman–Crippen MR) is 108 cm³/mol. The SMILES string of the molecule is CC(=O)SCC(C)C(=O)N1CC(Oc2ccc3ccccc3c2)C[C@H]1C(=O)O. The van der Waals surface area contributed by atoms with Crippen molar-refractivity contribution in [3.63, 3.8) is 0 Å². The smallest absolute Gasteiger partial charge is 0.326 e. The average molecular weight is 401 g/mol. The first-order chi connectivity index (χ1) is 13.3. The predicted octanol–water partition coefficient (Wildman–Crippen LogP) is 3.19. The van der Waals surface area contributed by atoms with E-state index >= 15 is 0 Å². The lowest BCUT2D eigenvalue weighted by atomic mass is 10.1. The summed E-state index contributed by atoms with van der Waals surface area (Å²) in [6, 6.07) is 12.7. The lowest BCUT2D eigenvalue weighted by Crippen LogP contribution is -2.43. The molecule has 0 bridgehead atoms. The molecule has 1 heterocycles. The van der Waals surface area contributed by atoms with E-state index in [1.807, 2.05) is 42.5 Å². The quantitative estimate of drug-likeness (QED) is 0.800. The van der Waals surface area contributed by atoms with E-state index in [9.17, 15) is 19.5 Å². The van der Waals surface area contributed by atoms with Crippen LogP contribution in [0.15, 0.2) is 42.5 Å². The Morgan fingerprint density at radius 1 is 1.21 bits per heavy atom. The van der Waals surface area contributed by atoms with Crippen LogP contribution in [0.4, 0.5) is 0 Å². The van der Waals surface area contributed by atoms with Crippen molar-refractivity contribution in [3.05, 3.63) is 42.5 Å². The fourth-order valence-electron chi connectivity index (χ4n) is 3.39. The lowest BCUT2D eigenvalue weighted by molar-refractivity contribution is -0.149. The molecule has 1 aliphatic rings. The Balaban J connectivity index is 1.70. The van der Waals surface area contributed by atoms with Crippen molar-refractivity contribution in [2.75, 3.05) is 12.3 Å². The average Bonchev–Trinajstić information content (AvgIpc) is 3.09. The first kappa shape index (κ1) is 20.2. The molecule has 3 atom stereocenters. The molecule has 1 aliphatic heterocycles. The number of carboxylic acid groups (broad SMARTS) is 1. The number of nitrogens with zero attached hydrogens (tertiary/aromatic N) is 1. The Morgan fingerprint density at radius 3 is 2.61 bits per heavy atom. The second-order valence-corrected chi connectivity index (χ2v) is 8.23. The zero-order chi connectivity index (χ0) is 20.3. The number of benzene rings is 2. The zero-order valence-electron chi connectivity index (χ0n) is 15.8. The van der Waals surface area contributed by atoms with Gasteiger partial charge in [0.25, 0.3) is 0 Å². The highest BCUT2D eigenvalue weighted by atomic mass is 32.2. The summed E-state index contributed by atoms with van der Waals surface area (Å²) in [6.45, 7) is 3.39. The van der Waals surface area contributed by atoms with Crippen LogP contribution in [-0.2, 0) is 14.4 Å². The maximum atomic E-state index is 12.7.